The second-order valence-corrected chi connectivity index (χ2v) is 7.46. The van der Waals surface area contributed by atoms with E-state index in [2.05, 4.69) is 45.6 Å². The summed E-state index contributed by atoms with van der Waals surface area (Å²) in [5, 5.41) is 6.66. The molecule has 6 nitrogen and oxygen atoms in total. The quantitative estimate of drug-likeness (QED) is 0.377. The first-order valence-electron chi connectivity index (χ1n) is 8.86. The Balaban J connectivity index is 1.97. The molecule has 28 heavy (non-hydrogen) atoms. The topological polar surface area (TPSA) is 79.8 Å². The monoisotopic (exact) mass is 445 g/mol. The van der Waals surface area contributed by atoms with Crippen molar-refractivity contribution >= 4 is 39.6 Å². The number of carbonyl (C=O) groups is 2. The predicted octanol–water partition coefficient (Wildman–Crippen LogP) is 4.37. The summed E-state index contributed by atoms with van der Waals surface area (Å²) in [6.45, 7) is 6.11. The highest BCUT2D eigenvalue weighted by atomic mass is 79.9. The van der Waals surface area contributed by atoms with Gasteiger partial charge in [0.2, 0.25) is 11.8 Å². The van der Waals surface area contributed by atoms with Gasteiger partial charge in [-0.15, -0.1) is 0 Å². The van der Waals surface area contributed by atoms with E-state index in [0.29, 0.717) is 11.6 Å². The third kappa shape index (κ3) is 5.92. The number of hydrazone groups is 1. The Morgan fingerprint density at radius 3 is 2.57 bits per heavy atom. The van der Waals surface area contributed by atoms with Crippen molar-refractivity contribution < 1.29 is 14.3 Å². The number of ether oxygens (including phenoxy) is 1. The van der Waals surface area contributed by atoms with Crippen LogP contribution in [0.15, 0.2) is 46.0 Å². The normalized spacial score (nSPS) is 10.9. The second kappa shape index (κ2) is 10.0. The number of nitrogens with one attached hydrogen (secondary N) is 2. The number of hydrogen-bond acceptors (Lipinski definition) is 4. The fraction of sp³-hybridized carbons (Fsp3) is 0.286. The average molecular weight is 446 g/mol. The minimum Gasteiger partial charge on any atom is -0.496 e. The molecule has 0 aliphatic carbocycles. The number of methoxy groups -OCH3 is 1. The number of amides is 2. The lowest BCUT2D eigenvalue weighted by Gasteiger charge is -2.14. The molecule has 0 aromatic heterocycles. The van der Waals surface area contributed by atoms with Crippen LogP contribution >= 0.6 is 15.9 Å². The number of para-hydroxylation sites is 1. The standard InChI is InChI=1S/C21H24BrN3O3/c1-13(2)16-10-15(14(3)9-19(16)28-4)12-23-25-21(27)11-20(26)24-18-8-6-5-7-17(18)22/h5-10,12-13H,11H2,1-4H3,(H,24,26)(H,25,27). The van der Waals surface area contributed by atoms with Gasteiger partial charge in [-0.2, -0.15) is 5.10 Å². The van der Waals surface area contributed by atoms with Crippen LogP contribution in [0.5, 0.6) is 5.75 Å². The van der Waals surface area contributed by atoms with E-state index in [-0.39, 0.29) is 6.42 Å². The number of halogens is 1. The van der Waals surface area contributed by atoms with Crippen LogP contribution in [-0.4, -0.2) is 25.1 Å². The van der Waals surface area contributed by atoms with Crippen LogP contribution in [0.4, 0.5) is 5.69 Å². The van der Waals surface area contributed by atoms with Crippen molar-refractivity contribution in [3.63, 3.8) is 0 Å². The van der Waals surface area contributed by atoms with Crippen LogP contribution in [0, 0.1) is 6.92 Å². The molecule has 7 heteroatoms. The van der Waals surface area contributed by atoms with E-state index in [9.17, 15) is 9.59 Å². The molecular formula is C21H24BrN3O3. The van der Waals surface area contributed by atoms with Gasteiger partial charge in [0, 0.05) is 4.47 Å². The van der Waals surface area contributed by atoms with Crippen molar-refractivity contribution in [2.75, 3.05) is 12.4 Å². The molecular weight excluding hydrogens is 422 g/mol. The average Bonchev–Trinajstić information content (AvgIpc) is 2.64. The molecule has 0 spiro atoms. The summed E-state index contributed by atoms with van der Waals surface area (Å²) in [6.07, 6.45) is 1.25. The van der Waals surface area contributed by atoms with Crippen molar-refractivity contribution in [3.05, 3.63) is 57.6 Å². The van der Waals surface area contributed by atoms with Gasteiger partial charge in [0.1, 0.15) is 12.2 Å². The maximum Gasteiger partial charge on any atom is 0.249 e. The fourth-order valence-electron chi connectivity index (χ4n) is 2.60. The molecule has 0 aliphatic heterocycles. The molecule has 0 saturated carbocycles. The summed E-state index contributed by atoms with van der Waals surface area (Å²) >= 11 is 3.34. The Morgan fingerprint density at radius 2 is 1.93 bits per heavy atom. The van der Waals surface area contributed by atoms with E-state index in [1.54, 1.807) is 25.5 Å². The number of benzene rings is 2. The van der Waals surface area contributed by atoms with Crippen LogP contribution in [0.3, 0.4) is 0 Å². The number of nitrogens with zero attached hydrogens (tertiary/aromatic N) is 1. The van der Waals surface area contributed by atoms with E-state index < -0.39 is 11.8 Å². The van der Waals surface area contributed by atoms with E-state index in [1.165, 1.54) is 0 Å². The molecule has 2 amide bonds. The van der Waals surface area contributed by atoms with Gasteiger partial charge in [-0.05, 0) is 69.7 Å². The van der Waals surface area contributed by atoms with Gasteiger partial charge in [-0.25, -0.2) is 5.43 Å². The van der Waals surface area contributed by atoms with Crippen molar-refractivity contribution in [3.8, 4) is 5.75 Å². The van der Waals surface area contributed by atoms with Crippen molar-refractivity contribution in [2.45, 2.75) is 33.1 Å². The van der Waals surface area contributed by atoms with Crippen molar-refractivity contribution in [2.24, 2.45) is 5.10 Å². The van der Waals surface area contributed by atoms with Crippen LogP contribution < -0.4 is 15.5 Å². The molecule has 0 saturated heterocycles. The van der Waals surface area contributed by atoms with E-state index in [4.69, 9.17) is 4.74 Å². The summed E-state index contributed by atoms with van der Waals surface area (Å²) in [5.41, 5.74) is 5.92. The second-order valence-electron chi connectivity index (χ2n) is 6.60. The van der Waals surface area contributed by atoms with Gasteiger partial charge in [0.25, 0.3) is 0 Å². The van der Waals surface area contributed by atoms with E-state index in [0.717, 1.165) is 26.9 Å². The first-order chi connectivity index (χ1) is 13.3. The smallest absolute Gasteiger partial charge is 0.249 e. The Kier molecular flexibility index (Phi) is 7.75. The predicted molar refractivity (Wildman–Crippen MR) is 115 cm³/mol. The fourth-order valence-corrected chi connectivity index (χ4v) is 2.98. The molecule has 0 heterocycles. The number of hydrogen-bond donors (Lipinski definition) is 2. The first-order valence-corrected chi connectivity index (χ1v) is 9.66. The lowest BCUT2D eigenvalue weighted by atomic mass is 9.97. The zero-order valence-electron chi connectivity index (χ0n) is 16.4. The van der Waals surface area contributed by atoms with Gasteiger partial charge in [0.15, 0.2) is 0 Å². The van der Waals surface area contributed by atoms with Gasteiger partial charge < -0.3 is 10.1 Å². The molecule has 2 N–H and O–H groups in total. The Morgan fingerprint density at radius 1 is 1.21 bits per heavy atom. The van der Waals surface area contributed by atoms with Gasteiger partial charge in [-0.1, -0.05) is 26.0 Å². The largest absolute Gasteiger partial charge is 0.496 e. The molecule has 148 valence electrons. The SMILES string of the molecule is COc1cc(C)c(C=NNC(=O)CC(=O)Nc2ccccc2Br)cc1C(C)C. The van der Waals surface area contributed by atoms with Crippen LogP contribution in [0.2, 0.25) is 0 Å². The first kappa shape index (κ1) is 21.6. The van der Waals surface area contributed by atoms with Gasteiger partial charge in [-0.3, -0.25) is 9.59 Å². The summed E-state index contributed by atoms with van der Waals surface area (Å²) in [4.78, 5) is 24.0. The lowest BCUT2D eigenvalue weighted by molar-refractivity contribution is -0.126. The maximum atomic E-state index is 12.0. The molecule has 2 rings (SSSR count). The molecule has 0 radical (unpaired) electrons. The van der Waals surface area contributed by atoms with Crippen molar-refractivity contribution in [1.29, 1.82) is 0 Å². The lowest BCUT2D eigenvalue weighted by Crippen LogP contribution is -2.24. The third-order valence-corrected chi connectivity index (χ3v) is 4.79. The van der Waals surface area contributed by atoms with Crippen LogP contribution in [-0.2, 0) is 9.59 Å². The highest BCUT2D eigenvalue weighted by molar-refractivity contribution is 9.10. The van der Waals surface area contributed by atoms with E-state index >= 15 is 0 Å². The molecule has 0 aliphatic rings. The van der Waals surface area contributed by atoms with E-state index in [1.807, 2.05) is 31.2 Å². The molecule has 0 unspecified atom stereocenters. The molecule has 0 fully saturated rings. The minimum absolute atomic E-state index is 0.290. The van der Waals surface area contributed by atoms with Crippen LogP contribution in [0.1, 0.15) is 42.9 Å². The highest BCUT2D eigenvalue weighted by Gasteiger charge is 2.12. The summed E-state index contributed by atoms with van der Waals surface area (Å²) < 4.78 is 6.17. The number of carbonyl (C=O) groups excluding carboxylic acids is 2. The Bertz CT molecular complexity index is 894. The Hall–Kier alpha value is -2.67. The molecule has 2 aromatic carbocycles. The summed E-state index contributed by atoms with van der Waals surface area (Å²) in [6, 6.07) is 11.1. The zero-order chi connectivity index (χ0) is 20.7. The third-order valence-electron chi connectivity index (χ3n) is 4.10. The van der Waals surface area contributed by atoms with Crippen LogP contribution in [0.25, 0.3) is 0 Å². The van der Waals surface area contributed by atoms with Crippen molar-refractivity contribution in [1.82, 2.24) is 5.43 Å². The zero-order valence-corrected chi connectivity index (χ0v) is 18.0. The summed E-state index contributed by atoms with van der Waals surface area (Å²) in [7, 11) is 1.65. The number of aryl methyl sites for hydroxylation is 1. The maximum absolute atomic E-state index is 12.0. The number of anilines is 1. The Labute approximate surface area is 173 Å². The molecule has 2 aromatic rings. The molecule has 0 atom stereocenters. The molecule has 0 bridgehead atoms. The van der Waals surface area contributed by atoms with Gasteiger partial charge >= 0.3 is 0 Å². The summed E-state index contributed by atoms with van der Waals surface area (Å²) in [5.74, 6) is 0.217. The van der Waals surface area contributed by atoms with Gasteiger partial charge in [0.05, 0.1) is 19.0 Å². The minimum atomic E-state index is -0.490. The number of rotatable bonds is 7. The highest BCUT2D eigenvalue weighted by Crippen LogP contribution is 2.29.